The number of nitrogens with one attached hydrogen (secondary N) is 1. The number of esters is 1. The van der Waals surface area contributed by atoms with Crippen LogP contribution in [0.25, 0.3) is 0 Å². The highest BCUT2D eigenvalue weighted by Gasteiger charge is 2.38. The second-order valence-corrected chi connectivity index (χ2v) is 12.5. The molecular weight excluding hydrogens is 496 g/mol. The number of nitrogens with zero attached hydrogens (tertiary/aromatic N) is 3. The fraction of sp³-hybridized carbons (Fsp3) is 0.800. The largest absolute Gasteiger partial charge is 0.464 e. The molecule has 9 nitrogen and oxygen atoms in total. The molecule has 3 aliphatic rings. The molecular formula is C30H50N4O5. The van der Waals surface area contributed by atoms with Crippen molar-refractivity contribution in [3.05, 3.63) is 11.6 Å². The Bertz CT molecular complexity index is 928. The van der Waals surface area contributed by atoms with Crippen LogP contribution in [0.1, 0.15) is 79.6 Å². The summed E-state index contributed by atoms with van der Waals surface area (Å²) in [6.45, 7) is 11.5. The Labute approximate surface area is 234 Å². The highest BCUT2D eigenvalue weighted by molar-refractivity contribution is 5.96. The van der Waals surface area contributed by atoms with Crippen LogP contribution in [0.15, 0.2) is 11.6 Å². The SMILES string of the molecule is C/C(=C\C(C(C)C)N(C)C(=O)C(NC(=O)C1CCCCN1C)C(C)C)C(=O)N1CCCC1C(=O)OCC1CC1. The predicted molar refractivity (Wildman–Crippen MR) is 151 cm³/mol. The molecule has 39 heavy (non-hydrogen) atoms. The van der Waals surface area contributed by atoms with E-state index in [0.717, 1.165) is 45.1 Å². The number of piperidine rings is 1. The Morgan fingerprint density at radius 2 is 1.62 bits per heavy atom. The van der Waals surface area contributed by atoms with E-state index < -0.39 is 12.1 Å². The van der Waals surface area contributed by atoms with Gasteiger partial charge in [0.15, 0.2) is 0 Å². The molecule has 220 valence electrons. The van der Waals surface area contributed by atoms with Gasteiger partial charge in [0.25, 0.3) is 0 Å². The lowest BCUT2D eigenvalue weighted by Gasteiger charge is -2.36. The number of hydrogen-bond acceptors (Lipinski definition) is 6. The summed E-state index contributed by atoms with van der Waals surface area (Å²) in [4.78, 5) is 58.3. The van der Waals surface area contributed by atoms with Crippen molar-refractivity contribution >= 4 is 23.7 Å². The minimum atomic E-state index is -0.660. The second-order valence-electron chi connectivity index (χ2n) is 12.5. The number of carbonyl (C=O) groups excluding carboxylic acids is 4. The van der Waals surface area contributed by atoms with Crippen LogP contribution in [0.4, 0.5) is 0 Å². The fourth-order valence-corrected chi connectivity index (χ4v) is 5.68. The summed E-state index contributed by atoms with van der Waals surface area (Å²) in [6.07, 6.45) is 8.29. The molecule has 1 N–H and O–H groups in total. The molecule has 0 aromatic rings. The standard InChI is InChI=1S/C30H50N4O5/c1-19(2)25(17-21(5)28(36)34-16-10-12-24(34)30(38)39-18-22-13-14-22)33(7)29(37)26(20(3)4)31-27(35)23-11-8-9-15-32(23)6/h17,19-20,22-26H,8-16,18H2,1-7H3,(H,31,35)/b21-17+. The lowest BCUT2D eigenvalue weighted by molar-refractivity contribution is -0.152. The monoisotopic (exact) mass is 546 g/mol. The molecule has 0 bridgehead atoms. The van der Waals surface area contributed by atoms with Gasteiger partial charge in [-0.2, -0.15) is 0 Å². The number of carbonyl (C=O) groups is 4. The minimum Gasteiger partial charge on any atom is -0.464 e. The summed E-state index contributed by atoms with van der Waals surface area (Å²) >= 11 is 0. The van der Waals surface area contributed by atoms with Gasteiger partial charge in [0.2, 0.25) is 17.7 Å². The Morgan fingerprint density at radius 3 is 2.21 bits per heavy atom. The van der Waals surface area contributed by atoms with Crippen LogP contribution in [-0.2, 0) is 23.9 Å². The third kappa shape index (κ3) is 8.05. The lowest BCUT2D eigenvalue weighted by Crippen LogP contribution is -2.57. The van der Waals surface area contributed by atoms with Crippen LogP contribution in [0.3, 0.4) is 0 Å². The molecule has 3 amide bonds. The van der Waals surface area contributed by atoms with Gasteiger partial charge in [0.05, 0.1) is 18.7 Å². The summed E-state index contributed by atoms with van der Waals surface area (Å²) in [6, 6.07) is -1.77. The van der Waals surface area contributed by atoms with Crippen molar-refractivity contribution in [1.29, 1.82) is 0 Å². The topological polar surface area (TPSA) is 99.3 Å². The van der Waals surface area contributed by atoms with Crippen molar-refractivity contribution < 1.29 is 23.9 Å². The Morgan fingerprint density at radius 1 is 0.949 bits per heavy atom. The zero-order valence-electron chi connectivity index (χ0n) is 25.1. The molecule has 1 saturated carbocycles. The minimum absolute atomic E-state index is 0.0348. The van der Waals surface area contributed by atoms with Crippen molar-refractivity contribution in [2.24, 2.45) is 17.8 Å². The van der Waals surface area contributed by atoms with Gasteiger partial charge in [0.1, 0.15) is 12.1 Å². The summed E-state index contributed by atoms with van der Waals surface area (Å²) in [5.41, 5.74) is 0.504. The quantitative estimate of drug-likeness (QED) is 0.316. The molecule has 4 unspecified atom stereocenters. The van der Waals surface area contributed by atoms with E-state index in [1.165, 1.54) is 0 Å². The van der Waals surface area contributed by atoms with Crippen LogP contribution in [0, 0.1) is 17.8 Å². The van der Waals surface area contributed by atoms with Crippen molar-refractivity contribution in [1.82, 2.24) is 20.0 Å². The van der Waals surface area contributed by atoms with Gasteiger partial charge in [-0.25, -0.2) is 4.79 Å². The van der Waals surface area contributed by atoms with E-state index in [4.69, 9.17) is 4.74 Å². The zero-order chi connectivity index (χ0) is 28.9. The van der Waals surface area contributed by atoms with E-state index in [1.807, 2.05) is 40.8 Å². The number of amides is 3. The third-order valence-electron chi connectivity index (χ3n) is 8.48. The maximum atomic E-state index is 13.7. The molecule has 3 rings (SSSR count). The van der Waals surface area contributed by atoms with Crippen LogP contribution in [0.5, 0.6) is 0 Å². The normalized spacial score (nSPS) is 24.0. The van der Waals surface area contributed by atoms with E-state index >= 15 is 0 Å². The van der Waals surface area contributed by atoms with Crippen molar-refractivity contribution in [2.45, 2.75) is 104 Å². The maximum Gasteiger partial charge on any atom is 0.328 e. The average Bonchev–Trinajstić information content (AvgIpc) is 3.60. The van der Waals surface area contributed by atoms with Gasteiger partial charge in [-0.3, -0.25) is 19.3 Å². The molecule has 1 aliphatic carbocycles. The van der Waals surface area contributed by atoms with Crippen LogP contribution in [-0.4, -0.2) is 96.3 Å². The van der Waals surface area contributed by atoms with Gasteiger partial charge >= 0.3 is 5.97 Å². The summed E-state index contributed by atoms with van der Waals surface area (Å²) in [5.74, 6) is -0.362. The zero-order valence-corrected chi connectivity index (χ0v) is 25.1. The molecule has 0 aromatic carbocycles. The molecule has 0 radical (unpaired) electrons. The van der Waals surface area contributed by atoms with Gasteiger partial charge in [-0.05, 0) is 76.8 Å². The number of ether oxygens (including phenoxy) is 1. The number of likely N-dealkylation sites (tertiary alicyclic amines) is 2. The van der Waals surface area contributed by atoms with Crippen molar-refractivity contribution in [2.75, 3.05) is 33.8 Å². The highest BCUT2D eigenvalue weighted by Crippen LogP contribution is 2.30. The Balaban J connectivity index is 1.70. The second kappa shape index (κ2) is 13.8. The summed E-state index contributed by atoms with van der Waals surface area (Å²) in [7, 11) is 3.70. The molecule has 0 spiro atoms. The van der Waals surface area contributed by atoms with E-state index in [-0.39, 0.29) is 47.6 Å². The van der Waals surface area contributed by atoms with Crippen molar-refractivity contribution in [3.63, 3.8) is 0 Å². The number of hydrogen-bond donors (Lipinski definition) is 1. The molecule has 0 aromatic heterocycles. The molecule has 4 atom stereocenters. The van der Waals surface area contributed by atoms with Crippen LogP contribution in [0.2, 0.25) is 0 Å². The number of rotatable bonds is 11. The summed E-state index contributed by atoms with van der Waals surface area (Å²) in [5, 5.41) is 3.04. The van der Waals surface area contributed by atoms with Gasteiger partial charge in [0, 0.05) is 19.2 Å². The first-order chi connectivity index (χ1) is 18.4. The average molecular weight is 547 g/mol. The smallest absolute Gasteiger partial charge is 0.328 e. The maximum absolute atomic E-state index is 13.7. The molecule has 3 fully saturated rings. The number of likely N-dealkylation sites (N-methyl/N-ethyl adjacent to an activating group) is 2. The van der Waals surface area contributed by atoms with Gasteiger partial charge in [-0.15, -0.1) is 0 Å². The molecule has 2 heterocycles. The third-order valence-corrected chi connectivity index (χ3v) is 8.48. The summed E-state index contributed by atoms with van der Waals surface area (Å²) < 4.78 is 5.49. The highest BCUT2D eigenvalue weighted by atomic mass is 16.5. The molecule has 9 heteroatoms. The molecule has 2 aliphatic heterocycles. The Hall–Kier alpha value is -2.42. The first-order valence-corrected chi connectivity index (χ1v) is 14.9. The van der Waals surface area contributed by atoms with Gasteiger partial charge in [-0.1, -0.05) is 40.2 Å². The first kappa shape index (κ1) is 31.1. The lowest BCUT2D eigenvalue weighted by atomic mass is 9.96. The van der Waals surface area contributed by atoms with E-state index in [0.29, 0.717) is 31.1 Å². The van der Waals surface area contributed by atoms with E-state index in [2.05, 4.69) is 10.2 Å². The van der Waals surface area contributed by atoms with Crippen LogP contribution < -0.4 is 5.32 Å². The van der Waals surface area contributed by atoms with Crippen molar-refractivity contribution in [3.8, 4) is 0 Å². The molecule has 2 saturated heterocycles. The van der Waals surface area contributed by atoms with Crippen LogP contribution >= 0.6 is 0 Å². The fourth-order valence-electron chi connectivity index (χ4n) is 5.68. The predicted octanol–water partition coefficient (Wildman–Crippen LogP) is 2.99. The Kier molecular flexibility index (Phi) is 11.0. The van der Waals surface area contributed by atoms with E-state index in [9.17, 15) is 19.2 Å². The van der Waals surface area contributed by atoms with E-state index in [1.54, 1.807) is 23.8 Å². The van der Waals surface area contributed by atoms with Gasteiger partial charge < -0.3 is 19.9 Å². The first-order valence-electron chi connectivity index (χ1n) is 14.9.